The lowest BCUT2D eigenvalue weighted by atomic mass is 9.82. The van der Waals surface area contributed by atoms with Crippen molar-refractivity contribution in [2.24, 2.45) is 11.8 Å². The van der Waals surface area contributed by atoms with Gasteiger partial charge in [0.05, 0.1) is 0 Å². The maximum Gasteiger partial charge on any atom is 0.255 e. The summed E-state index contributed by atoms with van der Waals surface area (Å²) in [4.78, 5) is 14.6. The topological polar surface area (TPSA) is 44.9 Å². The Morgan fingerprint density at radius 2 is 1.89 bits per heavy atom. The van der Waals surface area contributed by atoms with Crippen LogP contribution in [0.5, 0.6) is 0 Å². The van der Waals surface area contributed by atoms with Gasteiger partial charge < -0.3 is 10.3 Å². The molecule has 90 valence electrons. The first kappa shape index (κ1) is 10.1. The Bertz CT molecular complexity index is 726. The van der Waals surface area contributed by atoms with Gasteiger partial charge in [0.15, 0.2) is 0 Å². The number of hydrogen-bond acceptors (Lipinski definition) is 2. The minimum Gasteiger partial charge on any atom is -0.329 e. The number of pyridine rings is 1. The highest BCUT2D eigenvalue weighted by atomic mass is 16.1. The lowest BCUT2D eigenvalue weighted by molar-refractivity contribution is 0.555. The molecule has 0 saturated carbocycles. The van der Waals surface area contributed by atoms with Crippen LogP contribution in [0.4, 0.5) is 0 Å². The molecule has 3 heteroatoms. The van der Waals surface area contributed by atoms with Gasteiger partial charge in [-0.05, 0) is 11.3 Å². The van der Waals surface area contributed by atoms with E-state index in [0.29, 0.717) is 23.9 Å². The van der Waals surface area contributed by atoms with Crippen molar-refractivity contribution in [3.63, 3.8) is 0 Å². The number of fused-ring (bicyclic) bond motifs is 4. The Kier molecular flexibility index (Phi) is 2.00. The zero-order chi connectivity index (χ0) is 12.1. The summed E-state index contributed by atoms with van der Waals surface area (Å²) < 4.78 is 0. The fraction of sp³-hybridized carbons (Fsp3) is 0.267. The Hall–Kier alpha value is -1.87. The molecule has 18 heavy (non-hydrogen) atoms. The summed E-state index contributed by atoms with van der Waals surface area (Å²) in [6.45, 7) is 0. The maximum absolute atomic E-state index is 11.9. The molecular formula is C15H14N2O. The second-order valence-corrected chi connectivity index (χ2v) is 5.15. The standard InChI is InChI=1S/C15H14N2O/c18-15-11-8-12-10-3-1-2-4-13(10)17-14(12)7-9(11)5-6-16-15/h1-8,10,12-14,17H,(H,16,18). The number of allylic oxidation sites excluding steroid dienone is 2. The SMILES string of the molecule is O=c1[nH]ccc2c1=CC1C(C=2)NC2C=CC=CC21. The van der Waals surface area contributed by atoms with Crippen LogP contribution in [0.25, 0.3) is 12.2 Å². The van der Waals surface area contributed by atoms with Crippen molar-refractivity contribution in [3.05, 3.63) is 57.4 Å². The number of nitrogens with one attached hydrogen (secondary N) is 2. The van der Waals surface area contributed by atoms with Crippen molar-refractivity contribution >= 4 is 12.2 Å². The van der Waals surface area contributed by atoms with Crippen molar-refractivity contribution in [3.8, 4) is 0 Å². The molecule has 0 aromatic carbocycles. The van der Waals surface area contributed by atoms with Gasteiger partial charge >= 0.3 is 0 Å². The third kappa shape index (κ3) is 1.31. The highest BCUT2D eigenvalue weighted by molar-refractivity contribution is 5.49. The minimum absolute atomic E-state index is 0.0148. The molecule has 3 aliphatic rings. The molecule has 1 fully saturated rings. The highest BCUT2D eigenvalue weighted by Gasteiger charge is 2.39. The van der Waals surface area contributed by atoms with E-state index in [1.54, 1.807) is 6.20 Å². The van der Waals surface area contributed by atoms with Crippen LogP contribution in [0.3, 0.4) is 0 Å². The normalized spacial score (nSPS) is 35.1. The summed E-state index contributed by atoms with van der Waals surface area (Å²) >= 11 is 0. The average Bonchev–Trinajstić information content (AvgIpc) is 2.75. The average molecular weight is 238 g/mol. The first-order valence-electron chi connectivity index (χ1n) is 6.35. The smallest absolute Gasteiger partial charge is 0.255 e. The molecule has 4 rings (SSSR count). The van der Waals surface area contributed by atoms with Crippen molar-refractivity contribution < 1.29 is 0 Å². The minimum atomic E-state index is 0.0148. The van der Waals surface area contributed by atoms with Crippen LogP contribution in [0.2, 0.25) is 0 Å². The van der Waals surface area contributed by atoms with Crippen LogP contribution in [-0.2, 0) is 0 Å². The van der Waals surface area contributed by atoms with Crippen molar-refractivity contribution in [1.82, 2.24) is 10.3 Å². The predicted octanol–water partition coefficient (Wildman–Crippen LogP) is -0.352. The van der Waals surface area contributed by atoms with Gasteiger partial charge in [0.25, 0.3) is 5.56 Å². The van der Waals surface area contributed by atoms with E-state index in [-0.39, 0.29) is 5.56 Å². The van der Waals surface area contributed by atoms with Crippen LogP contribution >= 0.6 is 0 Å². The van der Waals surface area contributed by atoms with Gasteiger partial charge in [0.2, 0.25) is 0 Å². The maximum atomic E-state index is 11.9. The molecular weight excluding hydrogens is 224 g/mol. The molecule has 2 heterocycles. The van der Waals surface area contributed by atoms with Gasteiger partial charge in [-0.25, -0.2) is 0 Å². The Morgan fingerprint density at radius 1 is 1.00 bits per heavy atom. The van der Waals surface area contributed by atoms with Gasteiger partial charge in [-0.2, -0.15) is 0 Å². The molecule has 2 N–H and O–H groups in total. The molecule has 1 aromatic rings. The molecule has 2 aliphatic carbocycles. The van der Waals surface area contributed by atoms with Crippen molar-refractivity contribution in [1.29, 1.82) is 0 Å². The third-order valence-electron chi connectivity index (χ3n) is 4.17. The van der Waals surface area contributed by atoms with Crippen LogP contribution < -0.4 is 21.3 Å². The van der Waals surface area contributed by atoms with Gasteiger partial charge in [-0.1, -0.05) is 36.5 Å². The molecule has 0 amide bonds. The van der Waals surface area contributed by atoms with Crippen LogP contribution in [0.1, 0.15) is 0 Å². The summed E-state index contributed by atoms with van der Waals surface area (Å²) in [5.74, 6) is 0.844. The zero-order valence-corrected chi connectivity index (χ0v) is 9.84. The summed E-state index contributed by atoms with van der Waals surface area (Å²) in [6.07, 6.45) is 14.7. The van der Waals surface area contributed by atoms with Gasteiger partial charge in [-0.15, -0.1) is 0 Å². The molecule has 1 saturated heterocycles. The lowest BCUT2D eigenvalue weighted by Crippen LogP contribution is -2.46. The zero-order valence-electron chi connectivity index (χ0n) is 9.84. The second-order valence-electron chi connectivity index (χ2n) is 5.15. The number of aromatic amines is 1. The first-order valence-corrected chi connectivity index (χ1v) is 6.35. The molecule has 4 unspecified atom stereocenters. The lowest BCUT2D eigenvalue weighted by Gasteiger charge is -2.20. The Morgan fingerprint density at radius 3 is 2.83 bits per heavy atom. The summed E-state index contributed by atoms with van der Waals surface area (Å²) in [5, 5.41) is 5.48. The fourth-order valence-corrected chi connectivity index (χ4v) is 3.31. The first-order chi connectivity index (χ1) is 8.83. The molecule has 1 aliphatic heterocycles. The van der Waals surface area contributed by atoms with E-state index in [2.05, 4.69) is 46.8 Å². The summed E-state index contributed by atoms with van der Waals surface area (Å²) in [5.41, 5.74) is 0.0148. The summed E-state index contributed by atoms with van der Waals surface area (Å²) in [7, 11) is 0. The fourth-order valence-electron chi connectivity index (χ4n) is 3.31. The molecule has 1 aromatic heterocycles. The van der Waals surface area contributed by atoms with Gasteiger partial charge in [0, 0.05) is 35.3 Å². The Labute approximate surface area is 104 Å². The highest BCUT2D eigenvalue weighted by Crippen LogP contribution is 2.33. The number of H-pyrrole nitrogens is 1. The quantitative estimate of drug-likeness (QED) is 0.649. The molecule has 0 bridgehead atoms. The molecule has 3 nitrogen and oxygen atoms in total. The van der Waals surface area contributed by atoms with E-state index in [4.69, 9.17) is 0 Å². The van der Waals surface area contributed by atoms with Crippen molar-refractivity contribution in [2.75, 3.05) is 0 Å². The van der Waals surface area contributed by atoms with Gasteiger partial charge in [0.1, 0.15) is 0 Å². The summed E-state index contributed by atoms with van der Waals surface area (Å²) in [6, 6.07) is 2.70. The van der Waals surface area contributed by atoms with Crippen molar-refractivity contribution in [2.45, 2.75) is 12.1 Å². The number of rotatable bonds is 0. The molecule has 0 radical (unpaired) electrons. The van der Waals surface area contributed by atoms with E-state index >= 15 is 0 Å². The Balaban J connectivity index is 1.92. The number of aromatic nitrogens is 1. The predicted molar refractivity (Wildman–Crippen MR) is 71.2 cm³/mol. The second kappa shape index (κ2) is 3.56. The van der Waals surface area contributed by atoms with E-state index < -0.39 is 0 Å². The largest absolute Gasteiger partial charge is 0.329 e. The molecule has 0 spiro atoms. The van der Waals surface area contributed by atoms with Crippen LogP contribution in [0.15, 0.2) is 41.4 Å². The van der Waals surface area contributed by atoms with E-state index in [1.807, 2.05) is 6.07 Å². The monoisotopic (exact) mass is 238 g/mol. The molecule has 4 atom stereocenters. The van der Waals surface area contributed by atoms with Crippen LogP contribution in [0, 0.1) is 11.8 Å². The van der Waals surface area contributed by atoms with E-state index in [0.717, 1.165) is 10.4 Å². The van der Waals surface area contributed by atoms with Gasteiger partial charge in [-0.3, -0.25) is 4.79 Å². The van der Waals surface area contributed by atoms with E-state index in [9.17, 15) is 4.79 Å². The number of hydrogen-bond donors (Lipinski definition) is 2. The van der Waals surface area contributed by atoms with E-state index in [1.165, 1.54) is 0 Å². The third-order valence-corrected chi connectivity index (χ3v) is 4.17. The van der Waals surface area contributed by atoms with Crippen LogP contribution in [-0.4, -0.2) is 17.1 Å².